The molecule has 0 aliphatic carbocycles. The number of phenols is 1. The SMILES string of the molecule is O=[N+]([O-])c1ccc(O)c(NS(=O)(=O)C2CCOCC2)c1. The highest BCUT2D eigenvalue weighted by molar-refractivity contribution is 7.93. The van der Waals surface area contributed by atoms with Crippen LogP contribution in [0.2, 0.25) is 0 Å². The lowest BCUT2D eigenvalue weighted by Gasteiger charge is -2.22. The van der Waals surface area contributed by atoms with Crippen LogP contribution in [0.3, 0.4) is 0 Å². The molecule has 8 nitrogen and oxygen atoms in total. The molecule has 0 aromatic heterocycles. The highest BCUT2D eigenvalue weighted by Crippen LogP contribution is 2.30. The first-order valence-corrected chi connectivity index (χ1v) is 7.51. The fourth-order valence-electron chi connectivity index (χ4n) is 1.94. The van der Waals surface area contributed by atoms with Crippen LogP contribution in [0.15, 0.2) is 18.2 Å². The van der Waals surface area contributed by atoms with Gasteiger partial charge in [0, 0.05) is 25.3 Å². The van der Waals surface area contributed by atoms with E-state index in [2.05, 4.69) is 4.72 Å². The van der Waals surface area contributed by atoms with Crippen LogP contribution in [-0.2, 0) is 14.8 Å². The number of aromatic hydroxyl groups is 1. The number of hydrogen-bond acceptors (Lipinski definition) is 6. The molecule has 1 fully saturated rings. The van der Waals surface area contributed by atoms with Crippen molar-refractivity contribution in [3.05, 3.63) is 28.3 Å². The van der Waals surface area contributed by atoms with Crippen LogP contribution in [0, 0.1) is 10.1 Å². The quantitative estimate of drug-likeness (QED) is 0.490. The maximum atomic E-state index is 12.1. The van der Waals surface area contributed by atoms with E-state index >= 15 is 0 Å². The number of phenolic OH excluding ortho intramolecular Hbond substituents is 1. The second kappa shape index (κ2) is 5.63. The van der Waals surface area contributed by atoms with Gasteiger partial charge in [0.05, 0.1) is 15.9 Å². The molecule has 20 heavy (non-hydrogen) atoms. The maximum absolute atomic E-state index is 12.1. The lowest BCUT2D eigenvalue weighted by atomic mass is 10.2. The number of nitrogens with one attached hydrogen (secondary N) is 1. The molecule has 1 aliphatic heterocycles. The molecule has 0 unspecified atom stereocenters. The average Bonchev–Trinajstić information content (AvgIpc) is 2.42. The molecular formula is C11H14N2O6S. The average molecular weight is 302 g/mol. The minimum Gasteiger partial charge on any atom is -0.506 e. The number of anilines is 1. The van der Waals surface area contributed by atoms with E-state index in [-0.39, 0.29) is 17.1 Å². The van der Waals surface area contributed by atoms with Gasteiger partial charge in [-0.2, -0.15) is 0 Å². The fourth-order valence-corrected chi connectivity index (χ4v) is 3.39. The summed E-state index contributed by atoms with van der Waals surface area (Å²) >= 11 is 0. The van der Waals surface area contributed by atoms with Crippen LogP contribution in [-0.4, -0.2) is 36.9 Å². The van der Waals surface area contributed by atoms with Crippen LogP contribution in [0.25, 0.3) is 0 Å². The zero-order chi connectivity index (χ0) is 14.8. The molecule has 0 saturated carbocycles. The van der Waals surface area contributed by atoms with Crippen molar-refractivity contribution in [2.75, 3.05) is 17.9 Å². The Kier molecular flexibility index (Phi) is 4.09. The van der Waals surface area contributed by atoms with Crippen LogP contribution in [0.5, 0.6) is 5.75 Å². The Bertz CT molecular complexity index is 609. The van der Waals surface area contributed by atoms with Crippen molar-refractivity contribution in [2.24, 2.45) is 0 Å². The van der Waals surface area contributed by atoms with Crippen molar-refractivity contribution in [1.82, 2.24) is 0 Å². The third-order valence-corrected chi connectivity index (χ3v) is 4.90. The van der Waals surface area contributed by atoms with E-state index in [0.717, 1.165) is 18.2 Å². The summed E-state index contributed by atoms with van der Waals surface area (Å²) < 4.78 is 31.6. The van der Waals surface area contributed by atoms with Gasteiger partial charge in [-0.25, -0.2) is 8.42 Å². The maximum Gasteiger partial charge on any atom is 0.271 e. The summed E-state index contributed by atoms with van der Waals surface area (Å²) in [4.78, 5) is 10.0. The van der Waals surface area contributed by atoms with Crippen LogP contribution < -0.4 is 4.72 Å². The van der Waals surface area contributed by atoms with Crippen LogP contribution >= 0.6 is 0 Å². The number of nitro groups is 1. The number of nitrogens with zero attached hydrogens (tertiary/aromatic N) is 1. The molecule has 0 radical (unpaired) electrons. The van der Waals surface area contributed by atoms with Crippen LogP contribution in [0.1, 0.15) is 12.8 Å². The van der Waals surface area contributed by atoms with Gasteiger partial charge in [-0.3, -0.25) is 14.8 Å². The lowest BCUT2D eigenvalue weighted by molar-refractivity contribution is -0.384. The summed E-state index contributed by atoms with van der Waals surface area (Å²) in [6, 6.07) is 3.17. The van der Waals surface area contributed by atoms with Gasteiger partial charge >= 0.3 is 0 Å². The molecule has 0 spiro atoms. The fraction of sp³-hybridized carbons (Fsp3) is 0.455. The number of nitro benzene ring substituents is 1. The van der Waals surface area contributed by atoms with Gasteiger partial charge < -0.3 is 9.84 Å². The molecule has 1 aliphatic rings. The van der Waals surface area contributed by atoms with Crippen LogP contribution in [0.4, 0.5) is 11.4 Å². The predicted octanol–water partition coefficient (Wildman–Crippen LogP) is 1.22. The number of hydrogen-bond donors (Lipinski definition) is 2. The van der Waals surface area contributed by atoms with E-state index in [1.165, 1.54) is 0 Å². The molecule has 1 saturated heterocycles. The first kappa shape index (κ1) is 14.5. The summed E-state index contributed by atoms with van der Waals surface area (Å²) in [5.41, 5.74) is -0.488. The predicted molar refractivity (Wildman–Crippen MR) is 71.1 cm³/mol. The third-order valence-electron chi connectivity index (χ3n) is 3.05. The summed E-state index contributed by atoms with van der Waals surface area (Å²) in [6.45, 7) is 0.707. The van der Waals surface area contributed by atoms with E-state index in [4.69, 9.17) is 4.74 Å². The molecule has 0 amide bonds. The second-order valence-electron chi connectivity index (χ2n) is 4.42. The summed E-state index contributed by atoms with van der Waals surface area (Å²) in [5, 5.41) is 19.6. The number of rotatable bonds is 4. The Morgan fingerprint density at radius 2 is 2.00 bits per heavy atom. The van der Waals surface area contributed by atoms with E-state index in [9.17, 15) is 23.6 Å². The number of non-ortho nitro benzene ring substituents is 1. The Morgan fingerprint density at radius 3 is 2.60 bits per heavy atom. The first-order valence-electron chi connectivity index (χ1n) is 5.97. The van der Waals surface area contributed by atoms with Gasteiger partial charge in [0.25, 0.3) is 5.69 Å². The molecule has 2 N–H and O–H groups in total. The standard InChI is InChI=1S/C11H14N2O6S/c14-11-2-1-8(13(15)16)7-10(11)12-20(17,18)9-3-5-19-6-4-9/h1-2,7,9,12,14H,3-6H2. The molecule has 2 rings (SSSR count). The van der Waals surface area contributed by atoms with Gasteiger partial charge in [-0.15, -0.1) is 0 Å². The van der Waals surface area contributed by atoms with E-state index in [1.54, 1.807) is 0 Å². The smallest absolute Gasteiger partial charge is 0.271 e. The van der Waals surface area contributed by atoms with E-state index < -0.39 is 20.2 Å². The normalized spacial score (nSPS) is 16.8. The zero-order valence-corrected chi connectivity index (χ0v) is 11.3. The highest BCUT2D eigenvalue weighted by Gasteiger charge is 2.28. The van der Waals surface area contributed by atoms with E-state index in [0.29, 0.717) is 26.1 Å². The van der Waals surface area contributed by atoms with Crippen molar-refractivity contribution in [2.45, 2.75) is 18.1 Å². The van der Waals surface area contributed by atoms with Crippen molar-refractivity contribution in [1.29, 1.82) is 0 Å². The van der Waals surface area contributed by atoms with Gasteiger partial charge in [0.1, 0.15) is 5.75 Å². The first-order chi connectivity index (χ1) is 9.40. The van der Waals surface area contributed by atoms with Gasteiger partial charge in [0.2, 0.25) is 10.0 Å². The number of sulfonamides is 1. The monoisotopic (exact) mass is 302 g/mol. The molecular weight excluding hydrogens is 288 g/mol. The van der Waals surface area contributed by atoms with E-state index in [1.807, 2.05) is 0 Å². The van der Waals surface area contributed by atoms with Crippen molar-refractivity contribution in [3.8, 4) is 5.75 Å². The Labute approximate surface area is 115 Å². The minimum atomic E-state index is -3.71. The molecule has 1 aromatic carbocycles. The number of ether oxygens (including phenoxy) is 1. The van der Waals surface area contributed by atoms with Crippen molar-refractivity contribution < 1.29 is 23.2 Å². The summed E-state index contributed by atoms with van der Waals surface area (Å²) in [6.07, 6.45) is 0.704. The molecule has 9 heteroatoms. The molecule has 110 valence electrons. The Balaban J connectivity index is 2.24. The largest absolute Gasteiger partial charge is 0.506 e. The summed E-state index contributed by atoms with van der Waals surface area (Å²) in [5.74, 6) is -0.355. The second-order valence-corrected chi connectivity index (χ2v) is 6.38. The molecule has 0 bridgehead atoms. The molecule has 1 heterocycles. The lowest BCUT2D eigenvalue weighted by Crippen LogP contribution is -2.33. The number of benzene rings is 1. The third kappa shape index (κ3) is 3.17. The van der Waals surface area contributed by atoms with Gasteiger partial charge in [0.15, 0.2) is 0 Å². The zero-order valence-electron chi connectivity index (χ0n) is 10.5. The summed E-state index contributed by atoms with van der Waals surface area (Å²) in [7, 11) is -3.71. The topological polar surface area (TPSA) is 119 Å². The Morgan fingerprint density at radius 1 is 1.35 bits per heavy atom. The van der Waals surface area contributed by atoms with Crippen molar-refractivity contribution >= 4 is 21.4 Å². The molecule has 0 atom stereocenters. The van der Waals surface area contributed by atoms with Crippen molar-refractivity contribution in [3.63, 3.8) is 0 Å². The Hall–Kier alpha value is -1.87. The molecule has 1 aromatic rings. The van der Waals surface area contributed by atoms with Gasteiger partial charge in [-0.05, 0) is 18.9 Å². The minimum absolute atomic E-state index is 0.189. The highest BCUT2D eigenvalue weighted by atomic mass is 32.2. The van der Waals surface area contributed by atoms with Gasteiger partial charge in [-0.1, -0.05) is 0 Å².